The molecular formula is C10H21NOS. The van der Waals surface area contributed by atoms with Gasteiger partial charge >= 0.3 is 0 Å². The zero-order chi connectivity index (χ0) is 9.52. The van der Waals surface area contributed by atoms with E-state index in [4.69, 9.17) is 4.74 Å². The molecule has 0 saturated carbocycles. The first kappa shape index (κ1) is 11.3. The fourth-order valence-electron chi connectivity index (χ4n) is 1.65. The van der Waals surface area contributed by atoms with Crippen molar-refractivity contribution >= 4 is 11.8 Å². The smallest absolute Gasteiger partial charge is 0.0996 e. The Morgan fingerprint density at radius 2 is 2.46 bits per heavy atom. The first-order valence-corrected chi connectivity index (χ1v) is 6.49. The van der Waals surface area contributed by atoms with Crippen molar-refractivity contribution in [1.82, 2.24) is 5.32 Å². The molecule has 78 valence electrons. The molecule has 1 N–H and O–H groups in total. The third-order valence-corrected chi connectivity index (χ3v) is 3.34. The molecular weight excluding hydrogens is 182 g/mol. The van der Waals surface area contributed by atoms with Gasteiger partial charge in [-0.05, 0) is 45.4 Å². The van der Waals surface area contributed by atoms with Gasteiger partial charge < -0.3 is 10.1 Å². The van der Waals surface area contributed by atoms with E-state index in [-0.39, 0.29) is 0 Å². The zero-order valence-corrected chi connectivity index (χ0v) is 9.53. The summed E-state index contributed by atoms with van der Waals surface area (Å²) in [7, 11) is 0. The Kier molecular flexibility index (Phi) is 5.83. The van der Waals surface area contributed by atoms with Gasteiger partial charge in [-0.15, -0.1) is 11.8 Å². The lowest BCUT2D eigenvalue weighted by molar-refractivity contribution is 0.119. The summed E-state index contributed by atoms with van der Waals surface area (Å²) >= 11 is 1.77. The van der Waals surface area contributed by atoms with E-state index in [0.717, 1.165) is 12.6 Å². The van der Waals surface area contributed by atoms with Gasteiger partial charge in [0.1, 0.15) is 0 Å². The molecule has 0 aliphatic carbocycles. The molecule has 1 fully saturated rings. The summed E-state index contributed by atoms with van der Waals surface area (Å²) < 4.78 is 5.59. The average Bonchev–Trinajstić information content (AvgIpc) is 2.64. The van der Waals surface area contributed by atoms with Gasteiger partial charge in [-0.25, -0.2) is 0 Å². The third kappa shape index (κ3) is 4.89. The highest BCUT2D eigenvalue weighted by atomic mass is 32.2. The maximum atomic E-state index is 5.59. The Morgan fingerprint density at radius 1 is 1.62 bits per heavy atom. The topological polar surface area (TPSA) is 21.3 Å². The molecule has 1 aliphatic heterocycles. The van der Waals surface area contributed by atoms with Gasteiger partial charge in [0.25, 0.3) is 0 Å². The van der Waals surface area contributed by atoms with Crippen molar-refractivity contribution in [2.75, 3.05) is 19.4 Å². The number of rotatable bonds is 6. The van der Waals surface area contributed by atoms with Crippen LogP contribution >= 0.6 is 11.8 Å². The van der Waals surface area contributed by atoms with E-state index in [0.29, 0.717) is 5.44 Å². The molecule has 0 aromatic carbocycles. The molecule has 0 spiro atoms. The summed E-state index contributed by atoms with van der Waals surface area (Å²) in [4.78, 5) is 0. The molecule has 0 radical (unpaired) electrons. The summed E-state index contributed by atoms with van der Waals surface area (Å²) in [5.41, 5.74) is 0.358. The Balaban J connectivity index is 1.88. The minimum atomic E-state index is 0.358. The quantitative estimate of drug-likeness (QED) is 0.528. The molecule has 2 unspecified atom stereocenters. The van der Waals surface area contributed by atoms with Crippen LogP contribution in [-0.4, -0.2) is 30.9 Å². The van der Waals surface area contributed by atoms with Gasteiger partial charge in [0.2, 0.25) is 0 Å². The molecule has 13 heavy (non-hydrogen) atoms. The van der Waals surface area contributed by atoms with Gasteiger partial charge in [0.15, 0.2) is 0 Å². The van der Waals surface area contributed by atoms with Crippen LogP contribution in [0.25, 0.3) is 0 Å². The minimum Gasteiger partial charge on any atom is -0.368 e. The van der Waals surface area contributed by atoms with Gasteiger partial charge in [-0.1, -0.05) is 0 Å². The van der Waals surface area contributed by atoms with Crippen molar-refractivity contribution in [2.45, 2.75) is 44.1 Å². The monoisotopic (exact) mass is 203 g/mol. The third-order valence-electron chi connectivity index (χ3n) is 2.54. The summed E-state index contributed by atoms with van der Waals surface area (Å²) in [6.45, 7) is 4.24. The largest absolute Gasteiger partial charge is 0.368 e. The van der Waals surface area contributed by atoms with E-state index in [9.17, 15) is 0 Å². The normalized spacial score (nSPS) is 24.9. The van der Waals surface area contributed by atoms with E-state index in [1.807, 2.05) is 0 Å². The van der Waals surface area contributed by atoms with Gasteiger partial charge in [0.05, 0.1) is 5.44 Å². The minimum absolute atomic E-state index is 0.358. The van der Waals surface area contributed by atoms with Crippen molar-refractivity contribution in [3.05, 3.63) is 0 Å². The summed E-state index contributed by atoms with van der Waals surface area (Å²) in [6.07, 6.45) is 7.28. The van der Waals surface area contributed by atoms with Crippen LogP contribution in [-0.2, 0) is 4.74 Å². The number of nitrogens with one attached hydrogen (secondary N) is 1. The first-order valence-electron chi connectivity index (χ1n) is 5.20. The fourth-order valence-corrected chi connectivity index (χ4v) is 1.88. The van der Waals surface area contributed by atoms with Crippen molar-refractivity contribution in [3.63, 3.8) is 0 Å². The second kappa shape index (κ2) is 6.68. The Labute approximate surface area is 85.8 Å². The predicted molar refractivity (Wildman–Crippen MR) is 59.2 cm³/mol. The van der Waals surface area contributed by atoms with Crippen LogP contribution in [0.1, 0.15) is 32.6 Å². The van der Waals surface area contributed by atoms with Crippen LogP contribution in [0.2, 0.25) is 0 Å². The molecule has 1 aliphatic rings. The molecule has 0 aromatic rings. The van der Waals surface area contributed by atoms with E-state index in [1.165, 1.54) is 32.2 Å². The lowest BCUT2D eigenvalue weighted by Gasteiger charge is -2.12. The Morgan fingerprint density at radius 3 is 3.08 bits per heavy atom. The van der Waals surface area contributed by atoms with Gasteiger partial charge in [-0.3, -0.25) is 0 Å². The summed E-state index contributed by atoms with van der Waals surface area (Å²) in [5, 5.41) is 3.50. The SMILES string of the molecule is CSC(C)OCCCC1CCCN1. The number of hydrogen-bond donors (Lipinski definition) is 1. The van der Waals surface area contributed by atoms with Crippen LogP contribution in [0.3, 0.4) is 0 Å². The predicted octanol–water partition coefficient (Wildman–Crippen LogP) is 2.24. The first-order chi connectivity index (χ1) is 6.33. The van der Waals surface area contributed by atoms with Crippen LogP contribution in [0, 0.1) is 0 Å². The molecule has 0 bridgehead atoms. The van der Waals surface area contributed by atoms with Crippen molar-refractivity contribution in [3.8, 4) is 0 Å². The Hall–Kier alpha value is 0.270. The lowest BCUT2D eigenvalue weighted by Crippen LogP contribution is -2.21. The fraction of sp³-hybridized carbons (Fsp3) is 1.00. The maximum absolute atomic E-state index is 5.59. The molecule has 2 atom stereocenters. The van der Waals surface area contributed by atoms with Crippen molar-refractivity contribution in [2.24, 2.45) is 0 Å². The Bertz CT molecular complexity index is 126. The zero-order valence-electron chi connectivity index (χ0n) is 8.71. The molecule has 1 rings (SSSR count). The summed E-state index contributed by atoms with van der Waals surface area (Å²) in [6, 6.07) is 0.771. The molecule has 1 heterocycles. The number of thioether (sulfide) groups is 1. The molecule has 0 amide bonds. The van der Waals surface area contributed by atoms with E-state index < -0.39 is 0 Å². The van der Waals surface area contributed by atoms with E-state index in [1.54, 1.807) is 11.8 Å². The highest BCUT2D eigenvalue weighted by Gasteiger charge is 2.12. The van der Waals surface area contributed by atoms with Crippen LogP contribution in [0.4, 0.5) is 0 Å². The number of hydrogen-bond acceptors (Lipinski definition) is 3. The van der Waals surface area contributed by atoms with E-state index in [2.05, 4.69) is 18.5 Å². The van der Waals surface area contributed by atoms with E-state index >= 15 is 0 Å². The van der Waals surface area contributed by atoms with Crippen LogP contribution in [0.5, 0.6) is 0 Å². The summed E-state index contributed by atoms with van der Waals surface area (Å²) in [5.74, 6) is 0. The second-order valence-electron chi connectivity index (χ2n) is 3.61. The number of ether oxygens (including phenoxy) is 1. The lowest BCUT2D eigenvalue weighted by atomic mass is 10.1. The van der Waals surface area contributed by atoms with Gasteiger partial charge in [-0.2, -0.15) is 0 Å². The standard InChI is InChI=1S/C10H21NOS/c1-9(13-2)12-8-4-6-10-5-3-7-11-10/h9-11H,3-8H2,1-2H3. The molecule has 1 saturated heterocycles. The highest BCUT2D eigenvalue weighted by molar-refractivity contribution is 7.99. The second-order valence-corrected chi connectivity index (χ2v) is 4.74. The van der Waals surface area contributed by atoms with Crippen molar-refractivity contribution < 1.29 is 4.74 Å². The average molecular weight is 203 g/mol. The highest BCUT2D eigenvalue weighted by Crippen LogP contribution is 2.12. The molecule has 3 heteroatoms. The van der Waals surface area contributed by atoms with Crippen molar-refractivity contribution in [1.29, 1.82) is 0 Å². The maximum Gasteiger partial charge on any atom is 0.0996 e. The molecule has 0 aromatic heterocycles. The van der Waals surface area contributed by atoms with Crippen LogP contribution < -0.4 is 5.32 Å². The van der Waals surface area contributed by atoms with Gasteiger partial charge in [0, 0.05) is 12.6 Å². The van der Waals surface area contributed by atoms with Crippen LogP contribution in [0.15, 0.2) is 0 Å². The molecule has 2 nitrogen and oxygen atoms in total.